The smallest absolute Gasteiger partial charge is 0.195 e. The number of aliphatic hydroxyl groups excluding tert-OH is 4. The molecule has 5 rings (SSSR count). The van der Waals surface area contributed by atoms with Crippen LogP contribution in [0.4, 0.5) is 0 Å². The van der Waals surface area contributed by atoms with E-state index in [2.05, 4.69) is 0 Å². The number of Topliss-reactive ketones (excluding diaryl/α,β-unsaturated/α-hetero) is 2. The third kappa shape index (κ3) is 2.45. The summed E-state index contributed by atoms with van der Waals surface area (Å²) in [5, 5.41) is 45.5. The highest BCUT2D eigenvalue weighted by Gasteiger charge is 2.43. The van der Waals surface area contributed by atoms with Crippen molar-refractivity contribution in [1.82, 2.24) is 0 Å². The molecule has 0 bridgehead atoms. The minimum Gasteiger partial charge on any atom is -0.387 e. The number of carbonyl (C=O) groups is 2. The van der Waals surface area contributed by atoms with Gasteiger partial charge in [-0.25, -0.2) is 0 Å². The van der Waals surface area contributed by atoms with Crippen LogP contribution in [-0.4, -0.2) is 56.4 Å². The van der Waals surface area contributed by atoms with Crippen LogP contribution in [0.15, 0.2) is 60.7 Å². The zero-order valence-corrected chi connectivity index (χ0v) is 15.7. The summed E-state index contributed by atoms with van der Waals surface area (Å²) >= 11 is 0. The van der Waals surface area contributed by atoms with Crippen LogP contribution in [-0.2, 0) is 0 Å². The van der Waals surface area contributed by atoms with E-state index in [0.717, 1.165) is 16.2 Å². The van der Waals surface area contributed by atoms with Crippen molar-refractivity contribution >= 4 is 43.9 Å². The second kappa shape index (κ2) is 6.68. The molecule has 4 N–H and O–H groups in total. The van der Waals surface area contributed by atoms with Crippen LogP contribution in [0.2, 0.25) is 0 Å². The highest BCUT2D eigenvalue weighted by atomic mass is 16.4. The predicted molar refractivity (Wildman–Crippen MR) is 112 cm³/mol. The van der Waals surface area contributed by atoms with Crippen molar-refractivity contribution < 1.29 is 30.0 Å². The zero-order valence-electron chi connectivity index (χ0n) is 15.7. The van der Waals surface area contributed by atoms with Gasteiger partial charge < -0.3 is 20.4 Å². The summed E-state index contributed by atoms with van der Waals surface area (Å²) in [6.07, 6.45) is -7.93. The standard InChI is InChI=1S/C24H18O6/c25-19-16-10-9-15-13-7-2-1-5-11(13)12-6-3-4-8-14(12)17(15)18(16)20(26)22(28)24(30)23(29)21(19)27/h1-10,21-24,27-30H. The highest BCUT2D eigenvalue weighted by Crippen LogP contribution is 2.39. The first-order valence-corrected chi connectivity index (χ1v) is 9.58. The van der Waals surface area contributed by atoms with Crippen LogP contribution in [0.3, 0.4) is 0 Å². The lowest BCUT2D eigenvalue weighted by Gasteiger charge is -2.29. The van der Waals surface area contributed by atoms with Gasteiger partial charge in [0.05, 0.1) is 0 Å². The predicted octanol–water partition coefficient (Wildman–Crippen LogP) is 1.97. The molecule has 1 aliphatic carbocycles. The van der Waals surface area contributed by atoms with Crippen molar-refractivity contribution in [3.05, 3.63) is 71.8 Å². The number of aliphatic hydroxyl groups is 4. The molecule has 0 aromatic heterocycles. The van der Waals surface area contributed by atoms with Crippen molar-refractivity contribution in [2.75, 3.05) is 0 Å². The molecule has 6 nitrogen and oxygen atoms in total. The Balaban J connectivity index is 2.02. The van der Waals surface area contributed by atoms with E-state index in [4.69, 9.17) is 0 Å². The van der Waals surface area contributed by atoms with Gasteiger partial charge in [0.1, 0.15) is 24.4 Å². The van der Waals surface area contributed by atoms with Crippen LogP contribution in [0.5, 0.6) is 0 Å². The number of benzene rings is 4. The first kappa shape index (κ1) is 18.8. The fraction of sp³-hybridized carbons (Fsp3) is 0.167. The number of fused-ring (bicyclic) bond motifs is 8. The maximum atomic E-state index is 13.2. The Morgan fingerprint density at radius 3 is 1.53 bits per heavy atom. The van der Waals surface area contributed by atoms with Gasteiger partial charge in [0.2, 0.25) is 0 Å². The van der Waals surface area contributed by atoms with Gasteiger partial charge in [-0.05, 0) is 33.0 Å². The summed E-state index contributed by atoms with van der Waals surface area (Å²) in [7, 11) is 0. The van der Waals surface area contributed by atoms with Gasteiger partial charge in [-0.3, -0.25) is 9.59 Å². The van der Waals surface area contributed by atoms with Crippen LogP contribution < -0.4 is 0 Å². The molecule has 4 atom stereocenters. The lowest BCUT2D eigenvalue weighted by atomic mass is 9.81. The Kier molecular flexibility index (Phi) is 4.20. The molecule has 0 aliphatic heterocycles. The molecule has 0 spiro atoms. The summed E-state index contributed by atoms with van der Waals surface area (Å²) in [6, 6.07) is 18.2. The van der Waals surface area contributed by atoms with Crippen molar-refractivity contribution in [2.24, 2.45) is 0 Å². The van der Waals surface area contributed by atoms with E-state index in [9.17, 15) is 30.0 Å². The largest absolute Gasteiger partial charge is 0.387 e. The molecule has 1 aliphatic rings. The second-order valence-electron chi connectivity index (χ2n) is 7.60. The molecule has 30 heavy (non-hydrogen) atoms. The van der Waals surface area contributed by atoms with Gasteiger partial charge in [0.25, 0.3) is 0 Å². The Labute approximate surface area is 170 Å². The summed E-state index contributed by atoms with van der Waals surface area (Å²) in [4.78, 5) is 26.1. The first-order chi connectivity index (χ1) is 14.4. The molecule has 0 saturated carbocycles. The van der Waals surface area contributed by atoms with Crippen LogP contribution >= 0.6 is 0 Å². The topological polar surface area (TPSA) is 115 Å². The third-order valence-electron chi connectivity index (χ3n) is 5.96. The third-order valence-corrected chi connectivity index (χ3v) is 5.96. The summed E-state index contributed by atoms with van der Waals surface area (Å²) in [6.45, 7) is 0. The van der Waals surface area contributed by atoms with E-state index in [1.54, 1.807) is 6.07 Å². The Morgan fingerprint density at radius 2 is 0.967 bits per heavy atom. The fourth-order valence-electron chi connectivity index (χ4n) is 4.45. The fourth-order valence-corrected chi connectivity index (χ4v) is 4.45. The molecule has 4 aromatic rings. The molecule has 0 radical (unpaired) electrons. The van der Waals surface area contributed by atoms with Crippen LogP contribution in [0.25, 0.3) is 32.3 Å². The average molecular weight is 402 g/mol. The molecule has 0 amide bonds. The molecule has 150 valence electrons. The van der Waals surface area contributed by atoms with E-state index in [1.165, 1.54) is 6.07 Å². The number of carbonyl (C=O) groups excluding carboxylic acids is 2. The van der Waals surface area contributed by atoms with Gasteiger partial charge in [-0.15, -0.1) is 0 Å². The molecular weight excluding hydrogens is 384 g/mol. The Hall–Kier alpha value is -3.16. The average Bonchev–Trinajstić information content (AvgIpc) is 2.80. The van der Waals surface area contributed by atoms with Gasteiger partial charge in [-0.2, -0.15) is 0 Å². The van der Waals surface area contributed by atoms with Gasteiger partial charge in [-0.1, -0.05) is 54.6 Å². The van der Waals surface area contributed by atoms with E-state index < -0.39 is 36.0 Å². The SMILES string of the molecule is O=C1c2ccc3c4ccccc4c4ccccc4c3c2C(=O)C(O)C(O)C(O)C1O. The number of hydrogen-bond donors (Lipinski definition) is 4. The maximum Gasteiger partial charge on any atom is 0.195 e. The van der Waals surface area contributed by atoms with Gasteiger partial charge >= 0.3 is 0 Å². The number of rotatable bonds is 0. The lowest BCUT2D eigenvalue weighted by molar-refractivity contribution is -0.0852. The molecule has 0 heterocycles. The molecule has 6 heteroatoms. The van der Waals surface area contributed by atoms with Crippen LogP contribution in [0.1, 0.15) is 20.7 Å². The quantitative estimate of drug-likeness (QED) is 0.334. The van der Waals surface area contributed by atoms with Crippen molar-refractivity contribution in [3.63, 3.8) is 0 Å². The molecular formula is C24H18O6. The summed E-state index contributed by atoms with van der Waals surface area (Å²) in [5.41, 5.74) is -0.151. The van der Waals surface area contributed by atoms with E-state index in [1.807, 2.05) is 48.5 Å². The highest BCUT2D eigenvalue weighted by molar-refractivity contribution is 6.32. The number of hydrogen-bond acceptors (Lipinski definition) is 6. The van der Waals surface area contributed by atoms with Crippen molar-refractivity contribution in [2.45, 2.75) is 24.4 Å². The maximum absolute atomic E-state index is 13.2. The zero-order chi connectivity index (χ0) is 21.2. The Bertz CT molecular complexity index is 1320. The molecule has 4 aromatic carbocycles. The molecule has 4 unspecified atom stereocenters. The lowest BCUT2D eigenvalue weighted by Crippen LogP contribution is -2.52. The number of ketones is 2. The molecule has 0 saturated heterocycles. The van der Waals surface area contributed by atoms with E-state index in [0.29, 0.717) is 16.2 Å². The monoisotopic (exact) mass is 402 g/mol. The van der Waals surface area contributed by atoms with E-state index >= 15 is 0 Å². The second-order valence-corrected chi connectivity index (χ2v) is 7.60. The normalized spacial score (nSPS) is 24.8. The van der Waals surface area contributed by atoms with Gasteiger partial charge in [0.15, 0.2) is 11.6 Å². The Morgan fingerprint density at radius 1 is 0.533 bits per heavy atom. The van der Waals surface area contributed by atoms with Gasteiger partial charge in [0, 0.05) is 16.5 Å². The van der Waals surface area contributed by atoms with E-state index in [-0.39, 0.29) is 11.1 Å². The minimum absolute atomic E-state index is 0.0584. The van der Waals surface area contributed by atoms with Crippen molar-refractivity contribution in [1.29, 1.82) is 0 Å². The molecule has 0 fully saturated rings. The summed E-state index contributed by atoms with van der Waals surface area (Å²) < 4.78 is 0. The van der Waals surface area contributed by atoms with Crippen molar-refractivity contribution in [3.8, 4) is 0 Å². The van der Waals surface area contributed by atoms with Crippen LogP contribution in [0, 0.1) is 0 Å². The summed E-state index contributed by atoms with van der Waals surface area (Å²) in [5.74, 6) is -1.75. The minimum atomic E-state index is -1.99. The first-order valence-electron chi connectivity index (χ1n) is 9.58.